The second-order valence-corrected chi connectivity index (χ2v) is 8.50. The highest BCUT2D eigenvalue weighted by Crippen LogP contribution is 2.31. The molecule has 0 saturated heterocycles. The molecule has 3 aromatic rings. The summed E-state index contributed by atoms with van der Waals surface area (Å²) in [6.45, 7) is 3.87. The third-order valence-electron chi connectivity index (χ3n) is 5.03. The Kier molecular flexibility index (Phi) is 7.92. The zero-order valence-corrected chi connectivity index (χ0v) is 19.0. The SMILES string of the molecule is CNCc1cc(/C=C/C(=O)N(C)Cc2sc3ccccc3c2C)cnc1NCCC=O. The summed E-state index contributed by atoms with van der Waals surface area (Å²) in [5, 5.41) is 7.55. The molecule has 0 bridgehead atoms. The maximum Gasteiger partial charge on any atom is 0.246 e. The van der Waals surface area contributed by atoms with E-state index in [1.54, 1.807) is 34.6 Å². The van der Waals surface area contributed by atoms with Gasteiger partial charge in [-0.1, -0.05) is 18.2 Å². The standard InChI is InChI=1S/C24H28N4O2S/c1-17-20-7-4-5-8-21(20)31-22(17)16-28(3)23(30)10-9-18-13-19(15-25-2)24(27-14-18)26-11-6-12-29/h4-5,7-10,12-14,25H,6,11,15-16H2,1-3H3,(H,26,27)/b10-9+. The van der Waals surface area contributed by atoms with E-state index in [1.165, 1.54) is 20.5 Å². The lowest BCUT2D eigenvalue weighted by Gasteiger charge is -2.15. The molecule has 0 atom stereocenters. The third kappa shape index (κ3) is 5.77. The number of hydrogen-bond donors (Lipinski definition) is 2. The highest BCUT2D eigenvalue weighted by atomic mass is 32.1. The molecule has 7 heteroatoms. The summed E-state index contributed by atoms with van der Waals surface area (Å²) in [4.78, 5) is 30.6. The van der Waals surface area contributed by atoms with Crippen LogP contribution in [0.3, 0.4) is 0 Å². The Hall–Kier alpha value is -3.03. The van der Waals surface area contributed by atoms with Crippen LogP contribution in [-0.2, 0) is 22.7 Å². The van der Waals surface area contributed by atoms with Crippen molar-refractivity contribution in [2.45, 2.75) is 26.4 Å². The maximum absolute atomic E-state index is 12.7. The number of aldehydes is 1. The van der Waals surface area contributed by atoms with Crippen LogP contribution in [0.2, 0.25) is 0 Å². The molecule has 0 unspecified atom stereocenters. The van der Waals surface area contributed by atoms with Gasteiger partial charge in [-0.3, -0.25) is 4.79 Å². The molecule has 31 heavy (non-hydrogen) atoms. The number of amides is 1. The highest BCUT2D eigenvalue weighted by molar-refractivity contribution is 7.19. The number of fused-ring (bicyclic) bond motifs is 1. The van der Waals surface area contributed by atoms with Crippen molar-refractivity contribution in [3.05, 3.63) is 64.2 Å². The number of carbonyl (C=O) groups excluding carboxylic acids is 2. The van der Waals surface area contributed by atoms with Crippen molar-refractivity contribution in [1.29, 1.82) is 0 Å². The summed E-state index contributed by atoms with van der Waals surface area (Å²) in [7, 11) is 3.69. The van der Waals surface area contributed by atoms with E-state index in [2.05, 4.69) is 34.7 Å². The summed E-state index contributed by atoms with van der Waals surface area (Å²) in [6.07, 6.45) is 6.41. The minimum absolute atomic E-state index is 0.0554. The molecule has 0 saturated carbocycles. The summed E-state index contributed by atoms with van der Waals surface area (Å²) < 4.78 is 1.25. The molecular formula is C24H28N4O2S. The van der Waals surface area contributed by atoms with Crippen molar-refractivity contribution in [2.24, 2.45) is 0 Å². The van der Waals surface area contributed by atoms with E-state index in [-0.39, 0.29) is 5.91 Å². The minimum Gasteiger partial charge on any atom is -0.369 e. The molecule has 3 rings (SSSR count). The average Bonchev–Trinajstić information content (AvgIpc) is 3.09. The van der Waals surface area contributed by atoms with Crippen molar-refractivity contribution >= 4 is 45.5 Å². The summed E-state index contributed by atoms with van der Waals surface area (Å²) in [5.74, 6) is 0.692. The van der Waals surface area contributed by atoms with Gasteiger partial charge >= 0.3 is 0 Å². The molecule has 0 radical (unpaired) electrons. The van der Waals surface area contributed by atoms with Gasteiger partial charge in [-0.2, -0.15) is 0 Å². The van der Waals surface area contributed by atoms with Gasteiger partial charge in [0.2, 0.25) is 5.91 Å². The van der Waals surface area contributed by atoms with Crippen LogP contribution in [0.1, 0.15) is 28.0 Å². The smallest absolute Gasteiger partial charge is 0.246 e. The van der Waals surface area contributed by atoms with Gasteiger partial charge in [-0.05, 0) is 48.7 Å². The first-order chi connectivity index (χ1) is 15.0. The first-order valence-electron chi connectivity index (χ1n) is 10.2. The van der Waals surface area contributed by atoms with E-state index in [0.717, 1.165) is 23.2 Å². The van der Waals surface area contributed by atoms with Crippen molar-refractivity contribution in [2.75, 3.05) is 26.0 Å². The molecule has 0 aliphatic heterocycles. The summed E-state index contributed by atoms with van der Waals surface area (Å²) in [5.41, 5.74) is 3.08. The fraction of sp³-hybridized carbons (Fsp3) is 0.292. The van der Waals surface area contributed by atoms with Crippen LogP contribution in [0.4, 0.5) is 5.82 Å². The molecule has 0 spiro atoms. The monoisotopic (exact) mass is 436 g/mol. The van der Waals surface area contributed by atoms with Crippen LogP contribution in [0.5, 0.6) is 0 Å². The average molecular weight is 437 g/mol. The van der Waals surface area contributed by atoms with Gasteiger partial charge in [0.1, 0.15) is 12.1 Å². The highest BCUT2D eigenvalue weighted by Gasteiger charge is 2.12. The largest absolute Gasteiger partial charge is 0.369 e. The quantitative estimate of drug-likeness (QED) is 0.286. The Labute approximate surface area is 187 Å². The number of thiophene rings is 1. The van der Waals surface area contributed by atoms with Gasteiger partial charge in [-0.25, -0.2) is 4.98 Å². The molecule has 0 aliphatic rings. The van der Waals surface area contributed by atoms with E-state index in [0.29, 0.717) is 26.1 Å². The van der Waals surface area contributed by atoms with Gasteiger partial charge in [0.05, 0.1) is 6.54 Å². The zero-order valence-electron chi connectivity index (χ0n) is 18.1. The fourth-order valence-corrected chi connectivity index (χ4v) is 4.58. The Morgan fingerprint density at radius 3 is 2.84 bits per heavy atom. The lowest BCUT2D eigenvalue weighted by Crippen LogP contribution is -2.23. The number of benzene rings is 1. The number of carbonyl (C=O) groups is 2. The van der Waals surface area contributed by atoms with E-state index < -0.39 is 0 Å². The zero-order chi connectivity index (χ0) is 22.2. The molecule has 6 nitrogen and oxygen atoms in total. The predicted molar refractivity (Wildman–Crippen MR) is 128 cm³/mol. The van der Waals surface area contributed by atoms with Crippen LogP contribution >= 0.6 is 11.3 Å². The number of aryl methyl sites for hydroxylation is 1. The number of rotatable bonds is 10. The molecular weight excluding hydrogens is 408 g/mol. The van der Waals surface area contributed by atoms with Gasteiger partial charge in [0.15, 0.2) is 0 Å². The van der Waals surface area contributed by atoms with Crippen LogP contribution < -0.4 is 10.6 Å². The Morgan fingerprint density at radius 2 is 2.10 bits per heavy atom. The number of anilines is 1. The lowest BCUT2D eigenvalue weighted by atomic mass is 10.1. The summed E-state index contributed by atoms with van der Waals surface area (Å²) in [6, 6.07) is 10.3. The van der Waals surface area contributed by atoms with E-state index >= 15 is 0 Å². The Morgan fingerprint density at radius 1 is 1.29 bits per heavy atom. The summed E-state index contributed by atoms with van der Waals surface area (Å²) >= 11 is 1.74. The van der Waals surface area contributed by atoms with Crippen molar-refractivity contribution in [1.82, 2.24) is 15.2 Å². The Bertz CT molecular complexity index is 1090. The predicted octanol–water partition coefficient (Wildman–Crippen LogP) is 4.00. The van der Waals surface area contributed by atoms with Gasteiger partial charge < -0.3 is 20.3 Å². The normalized spacial score (nSPS) is 11.2. The van der Waals surface area contributed by atoms with E-state index in [9.17, 15) is 9.59 Å². The second kappa shape index (κ2) is 10.8. The number of likely N-dealkylation sites (N-methyl/N-ethyl adjacent to an activating group) is 1. The van der Waals surface area contributed by atoms with Crippen LogP contribution in [0.15, 0.2) is 42.6 Å². The number of pyridine rings is 1. The van der Waals surface area contributed by atoms with E-state index in [4.69, 9.17) is 0 Å². The number of nitrogens with zero attached hydrogens (tertiary/aromatic N) is 2. The molecule has 1 aromatic carbocycles. The topological polar surface area (TPSA) is 74.3 Å². The molecule has 0 aliphatic carbocycles. The second-order valence-electron chi connectivity index (χ2n) is 7.36. The first-order valence-corrected chi connectivity index (χ1v) is 11.1. The van der Waals surface area contributed by atoms with Crippen LogP contribution in [0, 0.1) is 6.92 Å². The van der Waals surface area contributed by atoms with Crippen LogP contribution in [0.25, 0.3) is 16.2 Å². The van der Waals surface area contributed by atoms with Crippen molar-refractivity contribution in [3.8, 4) is 0 Å². The van der Waals surface area contributed by atoms with Crippen molar-refractivity contribution < 1.29 is 9.59 Å². The van der Waals surface area contributed by atoms with Gasteiger partial charge in [-0.15, -0.1) is 11.3 Å². The molecule has 2 aromatic heterocycles. The van der Waals surface area contributed by atoms with Crippen molar-refractivity contribution in [3.63, 3.8) is 0 Å². The first kappa shape index (κ1) is 22.7. The van der Waals surface area contributed by atoms with Gasteiger partial charge in [0, 0.05) is 54.0 Å². The van der Waals surface area contributed by atoms with Crippen LogP contribution in [-0.4, -0.2) is 42.7 Å². The van der Waals surface area contributed by atoms with E-state index in [1.807, 2.05) is 32.3 Å². The maximum atomic E-state index is 12.7. The number of aromatic nitrogens is 1. The molecule has 1 amide bonds. The fourth-order valence-electron chi connectivity index (χ4n) is 3.32. The van der Waals surface area contributed by atoms with Gasteiger partial charge in [0.25, 0.3) is 0 Å². The number of nitrogens with one attached hydrogen (secondary N) is 2. The lowest BCUT2D eigenvalue weighted by molar-refractivity contribution is -0.125. The Balaban J connectivity index is 1.68. The molecule has 2 heterocycles. The molecule has 0 fully saturated rings. The molecule has 162 valence electrons. The number of hydrogen-bond acceptors (Lipinski definition) is 6. The molecule has 2 N–H and O–H groups in total. The third-order valence-corrected chi connectivity index (χ3v) is 6.29. The minimum atomic E-state index is -0.0554.